The van der Waals surface area contributed by atoms with Crippen LogP contribution in [0.5, 0.6) is 0 Å². The van der Waals surface area contributed by atoms with Crippen LogP contribution >= 0.6 is 34.8 Å². The lowest BCUT2D eigenvalue weighted by molar-refractivity contribution is -0.0223. The van der Waals surface area contributed by atoms with Crippen molar-refractivity contribution in [2.75, 3.05) is 6.61 Å². The molecule has 6 nitrogen and oxygen atoms in total. The Bertz CT molecular complexity index is 778. The summed E-state index contributed by atoms with van der Waals surface area (Å²) in [4.78, 5) is 14.2. The van der Waals surface area contributed by atoms with Crippen molar-refractivity contribution in [2.24, 2.45) is 0 Å². The highest BCUT2D eigenvalue weighted by molar-refractivity contribution is 6.44. The second-order valence-electron chi connectivity index (χ2n) is 5.24. The molecule has 0 aliphatic carbocycles. The Morgan fingerprint density at radius 2 is 1.96 bits per heavy atom. The summed E-state index contributed by atoms with van der Waals surface area (Å²) in [7, 11) is 0. The number of hydrogen-bond acceptors (Lipinski definition) is 5. The molecule has 0 unspecified atom stereocenters. The van der Waals surface area contributed by atoms with Gasteiger partial charge in [-0.25, -0.2) is 0 Å². The van der Waals surface area contributed by atoms with E-state index < -0.39 is 31.0 Å². The monoisotopic (exact) mass is 379 g/mol. The zero-order valence-corrected chi connectivity index (χ0v) is 13.7. The van der Waals surface area contributed by atoms with E-state index >= 15 is 0 Å². The van der Waals surface area contributed by atoms with Crippen molar-refractivity contribution in [1.29, 1.82) is 0 Å². The van der Waals surface area contributed by atoms with Crippen LogP contribution in [0.4, 0.5) is 0 Å². The first-order chi connectivity index (χ1) is 10.9. The Labute approximate surface area is 145 Å². The van der Waals surface area contributed by atoms with Gasteiger partial charge in [-0.1, -0.05) is 34.8 Å². The van der Waals surface area contributed by atoms with Crippen molar-refractivity contribution in [3.05, 3.63) is 32.4 Å². The van der Waals surface area contributed by atoms with Crippen LogP contribution in [-0.4, -0.2) is 51.5 Å². The van der Waals surface area contributed by atoms with Crippen LogP contribution in [-0.2, 0) is 4.74 Å². The average Bonchev–Trinajstić information content (AvgIpc) is 2.98. The molecule has 1 aliphatic heterocycles. The van der Waals surface area contributed by atoms with Gasteiger partial charge < -0.3 is 25.0 Å². The van der Waals surface area contributed by atoms with Gasteiger partial charge in [0, 0.05) is 16.5 Å². The van der Waals surface area contributed by atoms with E-state index in [1.54, 1.807) is 0 Å². The van der Waals surface area contributed by atoms with Gasteiger partial charge >= 0.3 is 0 Å². The van der Waals surface area contributed by atoms with Crippen LogP contribution in [0.2, 0.25) is 15.2 Å². The molecule has 2 aromatic rings. The lowest BCUT2D eigenvalue weighted by atomic mass is 9.96. The summed E-state index contributed by atoms with van der Waals surface area (Å²) in [5.74, 6) is 0. The molecule has 3 rings (SSSR count). The van der Waals surface area contributed by atoms with E-state index in [9.17, 15) is 20.1 Å². The Morgan fingerprint density at radius 1 is 1.26 bits per heavy atom. The summed E-state index contributed by atoms with van der Waals surface area (Å²) in [6, 6.07) is 1.50. The molecule has 1 saturated heterocycles. The average molecular weight is 381 g/mol. The zero-order valence-electron chi connectivity index (χ0n) is 11.5. The number of fused-ring (bicyclic) bond motifs is 1. The number of aliphatic hydroxyl groups is 3. The van der Waals surface area contributed by atoms with Crippen LogP contribution in [0.15, 0.2) is 6.07 Å². The first kappa shape index (κ1) is 17.0. The van der Waals surface area contributed by atoms with Crippen molar-refractivity contribution in [3.8, 4) is 0 Å². The Morgan fingerprint density at radius 3 is 2.52 bits per heavy atom. The van der Waals surface area contributed by atoms with Crippen LogP contribution < -0.4 is 0 Å². The molecule has 0 radical (unpaired) electrons. The number of benzene rings is 1. The molecule has 0 amide bonds. The minimum absolute atomic E-state index is 0.0766. The third-order valence-electron chi connectivity index (χ3n) is 3.95. The van der Waals surface area contributed by atoms with E-state index in [0.29, 0.717) is 17.2 Å². The summed E-state index contributed by atoms with van der Waals surface area (Å²) in [6.45, 7) is -0.482. The molecule has 0 spiro atoms. The van der Waals surface area contributed by atoms with E-state index in [-0.39, 0.29) is 26.3 Å². The summed E-state index contributed by atoms with van der Waals surface area (Å²) in [5.41, 5.74) is 0.828. The number of nitrogens with one attached hydrogen (secondary N) is 1. The topological polar surface area (TPSA) is 103 Å². The number of ether oxygens (including phenoxy) is 1. The molecule has 4 atom stereocenters. The highest BCUT2D eigenvalue weighted by Gasteiger charge is 2.45. The quantitative estimate of drug-likeness (QED) is 0.611. The fourth-order valence-electron chi connectivity index (χ4n) is 2.85. The largest absolute Gasteiger partial charge is 0.394 e. The smallest absolute Gasteiger partial charge is 0.153 e. The highest BCUT2D eigenvalue weighted by Crippen LogP contribution is 2.45. The van der Waals surface area contributed by atoms with Gasteiger partial charge in [0.25, 0.3) is 0 Å². The molecule has 2 heterocycles. The molecule has 1 fully saturated rings. The van der Waals surface area contributed by atoms with Crippen molar-refractivity contribution in [1.82, 2.24) is 4.98 Å². The molecule has 0 saturated carbocycles. The van der Waals surface area contributed by atoms with Crippen LogP contribution in [0.1, 0.15) is 22.0 Å². The van der Waals surface area contributed by atoms with Gasteiger partial charge in [-0.05, 0) is 6.07 Å². The predicted molar refractivity (Wildman–Crippen MR) is 85.4 cm³/mol. The number of hydrogen-bond donors (Lipinski definition) is 4. The maximum Gasteiger partial charge on any atom is 0.153 e. The molecular weight excluding hydrogens is 369 g/mol. The number of aromatic nitrogens is 1. The fourth-order valence-corrected chi connectivity index (χ4v) is 3.55. The van der Waals surface area contributed by atoms with Crippen molar-refractivity contribution >= 4 is 52.0 Å². The normalized spacial score (nSPS) is 27.7. The van der Waals surface area contributed by atoms with Gasteiger partial charge in [0.05, 0.1) is 22.2 Å². The van der Waals surface area contributed by atoms with E-state index in [1.807, 2.05) is 0 Å². The first-order valence-electron chi connectivity index (χ1n) is 6.67. The number of aldehydes is 1. The highest BCUT2D eigenvalue weighted by atomic mass is 35.5. The van der Waals surface area contributed by atoms with Crippen molar-refractivity contribution in [3.63, 3.8) is 0 Å². The number of carbonyl (C=O) groups is 1. The van der Waals surface area contributed by atoms with E-state index in [1.165, 1.54) is 6.07 Å². The SMILES string of the molecule is O=Cc1c(Cl)[nH]c2cc(Cl)c(Cl)c([C@@H]3O[C@H](CO)[C@@H](O)[C@H]3O)c12. The molecule has 9 heteroatoms. The molecule has 4 N–H and O–H groups in total. The Hall–Kier alpha value is -0.860. The standard InChI is InChI=1S/C14H12Cl3NO5/c15-5-1-6-8(4(2-19)14(17)18-6)9(10(5)16)13-12(22)11(21)7(3-20)23-13/h1-2,7,11-13,18,20-22H,3H2/t7-,11-,12-,13+/m1/s1. The second kappa shape index (κ2) is 6.22. The van der Waals surface area contributed by atoms with E-state index in [4.69, 9.17) is 39.5 Å². The fraction of sp³-hybridized carbons (Fsp3) is 0.357. The molecule has 1 aromatic heterocycles. The number of halogens is 3. The van der Waals surface area contributed by atoms with Gasteiger partial charge in [-0.15, -0.1) is 0 Å². The number of carbonyl (C=O) groups excluding carboxylic acids is 1. The summed E-state index contributed by atoms with van der Waals surface area (Å²) < 4.78 is 5.51. The lowest BCUT2D eigenvalue weighted by Crippen LogP contribution is -2.32. The minimum Gasteiger partial charge on any atom is -0.394 e. The second-order valence-corrected chi connectivity index (χ2v) is 6.40. The van der Waals surface area contributed by atoms with Gasteiger partial charge in [0.2, 0.25) is 0 Å². The lowest BCUT2D eigenvalue weighted by Gasteiger charge is -2.19. The van der Waals surface area contributed by atoms with Gasteiger partial charge in [-0.2, -0.15) is 0 Å². The predicted octanol–water partition coefficient (Wildman–Crippen LogP) is 2.09. The first-order valence-corrected chi connectivity index (χ1v) is 7.80. The summed E-state index contributed by atoms with van der Waals surface area (Å²) in [6.07, 6.45) is -4.14. The Balaban J connectivity index is 2.28. The summed E-state index contributed by atoms with van der Waals surface area (Å²) in [5, 5.41) is 30.1. The number of aliphatic hydroxyl groups excluding tert-OH is 3. The maximum atomic E-state index is 11.4. The third kappa shape index (κ3) is 2.55. The van der Waals surface area contributed by atoms with Crippen molar-refractivity contribution in [2.45, 2.75) is 24.4 Å². The molecule has 1 aliphatic rings. The van der Waals surface area contributed by atoms with Gasteiger partial charge in [0.1, 0.15) is 29.6 Å². The molecule has 23 heavy (non-hydrogen) atoms. The number of aromatic amines is 1. The molecule has 1 aromatic carbocycles. The van der Waals surface area contributed by atoms with E-state index in [0.717, 1.165) is 0 Å². The minimum atomic E-state index is -1.35. The van der Waals surface area contributed by atoms with Crippen LogP contribution in [0, 0.1) is 0 Å². The number of rotatable bonds is 3. The van der Waals surface area contributed by atoms with Gasteiger partial charge in [-0.3, -0.25) is 4.79 Å². The molecular formula is C14H12Cl3NO5. The zero-order chi connectivity index (χ0) is 16.9. The van der Waals surface area contributed by atoms with E-state index in [2.05, 4.69) is 4.98 Å². The molecule has 124 valence electrons. The van der Waals surface area contributed by atoms with Crippen LogP contribution in [0.3, 0.4) is 0 Å². The summed E-state index contributed by atoms with van der Waals surface area (Å²) >= 11 is 18.4. The third-order valence-corrected chi connectivity index (χ3v) is 5.05. The van der Waals surface area contributed by atoms with Crippen molar-refractivity contribution < 1.29 is 24.9 Å². The van der Waals surface area contributed by atoms with Crippen LogP contribution in [0.25, 0.3) is 10.9 Å². The Kier molecular flexibility index (Phi) is 4.59. The molecule has 0 bridgehead atoms. The van der Waals surface area contributed by atoms with Gasteiger partial charge in [0.15, 0.2) is 6.29 Å². The maximum absolute atomic E-state index is 11.4. The number of H-pyrrole nitrogens is 1.